The van der Waals surface area contributed by atoms with E-state index in [-0.39, 0.29) is 28.6 Å². The molecule has 0 saturated carbocycles. The fourth-order valence-corrected chi connectivity index (χ4v) is 3.36. The molecular weight excluding hydrogens is 278 g/mol. The Balaban J connectivity index is 2.35. The van der Waals surface area contributed by atoms with Gasteiger partial charge in [-0.1, -0.05) is 12.1 Å². The number of ether oxygens (including phenoxy) is 1. The second kappa shape index (κ2) is 5.54. The van der Waals surface area contributed by atoms with Gasteiger partial charge in [0.2, 0.25) is 0 Å². The van der Waals surface area contributed by atoms with Gasteiger partial charge in [-0.3, -0.25) is 4.79 Å². The highest BCUT2D eigenvalue weighted by molar-refractivity contribution is 7.90. The quantitative estimate of drug-likeness (QED) is 0.826. The van der Waals surface area contributed by atoms with Crippen LogP contribution in [0, 0.1) is 0 Å². The number of hydrogen-bond donors (Lipinski definition) is 0. The minimum absolute atomic E-state index is 0.0481. The highest BCUT2D eigenvalue weighted by Crippen LogP contribution is 2.20. The molecule has 0 N–H and O–H groups in total. The average molecular weight is 297 g/mol. The molecule has 2 atom stereocenters. The maximum absolute atomic E-state index is 12.6. The Morgan fingerprint density at radius 3 is 2.30 bits per heavy atom. The second-order valence-electron chi connectivity index (χ2n) is 5.24. The lowest BCUT2D eigenvalue weighted by Gasteiger charge is -2.35. The first-order chi connectivity index (χ1) is 9.29. The summed E-state index contributed by atoms with van der Waals surface area (Å²) in [5, 5.41) is 0. The number of carbonyl (C=O) groups excluding carboxylic acids is 1. The van der Waals surface area contributed by atoms with E-state index in [9.17, 15) is 13.2 Å². The first kappa shape index (κ1) is 15.0. The van der Waals surface area contributed by atoms with Gasteiger partial charge < -0.3 is 9.64 Å². The lowest BCUT2D eigenvalue weighted by Crippen LogP contribution is -2.48. The lowest BCUT2D eigenvalue weighted by atomic mass is 10.1. The van der Waals surface area contributed by atoms with Crippen molar-refractivity contribution in [1.29, 1.82) is 0 Å². The minimum atomic E-state index is -3.42. The number of rotatable bonds is 2. The molecule has 0 aromatic heterocycles. The van der Waals surface area contributed by atoms with Crippen LogP contribution in [0.5, 0.6) is 0 Å². The van der Waals surface area contributed by atoms with E-state index in [1.54, 1.807) is 23.1 Å². The molecule has 1 amide bonds. The van der Waals surface area contributed by atoms with Crippen LogP contribution in [0.25, 0.3) is 0 Å². The molecule has 0 spiro atoms. The van der Waals surface area contributed by atoms with E-state index in [1.165, 1.54) is 6.07 Å². The van der Waals surface area contributed by atoms with Gasteiger partial charge >= 0.3 is 0 Å². The summed E-state index contributed by atoms with van der Waals surface area (Å²) in [6, 6.07) is 6.33. The molecule has 0 aliphatic carbocycles. The van der Waals surface area contributed by atoms with Gasteiger partial charge in [-0.15, -0.1) is 0 Å². The van der Waals surface area contributed by atoms with Gasteiger partial charge in [0.25, 0.3) is 5.91 Å². The van der Waals surface area contributed by atoms with E-state index in [1.807, 2.05) is 13.8 Å². The second-order valence-corrected chi connectivity index (χ2v) is 7.22. The van der Waals surface area contributed by atoms with Crippen molar-refractivity contribution < 1.29 is 17.9 Å². The fourth-order valence-electron chi connectivity index (χ4n) is 2.48. The molecule has 0 bridgehead atoms. The predicted octanol–water partition coefficient (Wildman–Crippen LogP) is 1.34. The standard InChI is InChI=1S/C14H19NO4S/c1-10-8-15(9-11(2)19-10)14(16)12-6-4-5-7-13(12)20(3,17)18/h4-7,10-11H,8-9H2,1-3H3/t10-,11+. The van der Waals surface area contributed by atoms with E-state index in [0.29, 0.717) is 13.1 Å². The Kier molecular flexibility index (Phi) is 4.15. The average Bonchev–Trinajstić information content (AvgIpc) is 2.35. The smallest absolute Gasteiger partial charge is 0.255 e. The molecule has 1 fully saturated rings. The van der Waals surface area contributed by atoms with E-state index >= 15 is 0 Å². The van der Waals surface area contributed by atoms with Crippen molar-refractivity contribution in [2.75, 3.05) is 19.3 Å². The zero-order valence-electron chi connectivity index (χ0n) is 11.9. The van der Waals surface area contributed by atoms with Gasteiger partial charge in [0.1, 0.15) is 0 Å². The Morgan fingerprint density at radius 2 is 1.75 bits per heavy atom. The molecule has 0 unspecified atom stereocenters. The van der Waals surface area contributed by atoms with Crippen molar-refractivity contribution in [2.24, 2.45) is 0 Å². The largest absolute Gasteiger partial charge is 0.372 e. The third-order valence-corrected chi connectivity index (χ3v) is 4.38. The molecule has 6 heteroatoms. The topological polar surface area (TPSA) is 63.7 Å². The van der Waals surface area contributed by atoms with Crippen molar-refractivity contribution >= 4 is 15.7 Å². The molecule has 20 heavy (non-hydrogen) atoms. The van der Waals surface area contributed by atoms with Crippen molar-refractivity contribution in [1.82, 2.24) is 4.90 Å². The number of sulfone groups is 1. The molecule has 1 aromatic rings. The maximum atomic E-state index is 12.6. The highest BCUT2D eigenvalue weighted by atomic mass is 32.2. The van der Waals surface area contributed by atoms with Gasteiger partial charge in [0.15, 0.2) is 9.84 Å². The van der Waals surface area contributed by atoms with Crippen LogP contribution in [0.4, 0.5) is 0 Å². The molecule has 1 heterocycles. The molecule has 1 aliphatic heterocycles. The summed E-state index contributed by atoms with van der Waals surface area (Å²) < 4.78 is 29.1. The van der Waals surface area contributed by atoms with Crippen LogP contribution < -0.4 is 0 Å². The van der Waals surface area contributed by atoms with Crippen molar-refractivity contribution in [3.8, 4) is 0 Å². The van der Waals surface area contributed by atoms with Crippen LogP contribution in [0.2, 0.25) is 0 Å². The van der Waals surface area contributed by atoms with E-state index in [0.717, 1.165) is 6.26 Å². The van der Waals surface area contributed by atoms with E-state index in [2.05, 4.69) is 0 Å². The van der Waals surface area contributed by atoms with Gasteiger partial charge in [-0.05, 0) is 26.0 Å². The predicted molar refractivity (Wildman–Crippen MR) is 75.5 cm³/mol. The normalized spacial score (nSPS) is 23.6. The number of amides is 1. The van der Waals surface area contributed by atoms with Crippen LogP contribution in [-0.4, -0.2) is 50.8 Å². The number of morpholine rings is 1. The van der Waals surface area contributed by atoms with Gasteiger partial charge in [0.05, 0.1) is 22.7 Å². The summed E-state index contributed by atoms with van der Waals surface area (Å²) in [5.41, 5.74) is 0.233. The molecule has 1 saturated heterocycles. The van der Waals surface area contributed by atoms with Crippen LogP contribution in [-0.2, 0) is 14.6 Å². The molecule has 0 radical (unpaired) electrons. The zero-order valence-corrected chi connectivity index (χ0v) is 12.7. The zero-order chi connectivity index (χ0) is 14.9. The minimum Gasteiger partial charge on any atom is -0.372 e. The van der Waals surface area contributed by atoms with Gasteiger partial charge in [-0.25, -0.2) is 8.42 Å². The Labute approximate surface area is 119 Å². The van der Waals surface area contributed by atoms with Crippen LogP contribution in [0.15, 0.2) is 29.2 Å². The molecule has 5 nitrogen and oxygen atoms in total. The number of nitrogens with zero attached hydrogens (tertiary/aromatic N) is 1. The third-order valence-electron chi connectivity index (χ3n) is 3.22. The van der Waals surface area contributed by atoms with Crippen molar-refractivity contribution in [3.63, 3.8) is 0 Å². The molecule has 110 valence electrons. The third kappa shape index (κ3) is 3.19. The summed E-state index contributed by atoms with van der Waals surface area (Å²) in [6.45, 7) is 4.75. The summed E-state index contributed by atoms with van der Waals surface area (Å²) in [6.07, 6.45) is 1.02. The van der Waals surface area contributed by atoms with Crippen LogP contribution in [0.1, 0.15) is 24.2 Å². The van der Waals surface area contributed by atoms with Crippen molar-refractivity contribution in [2.45, 2.75) is 31.0 Å². The first-order valence-corrected chi connectivity index (χ1v) is 8.42. The van der Waals surface area contributed by atoms with Crippen LogP contribution >= 0.6 is 0 Å². The summed E-state index contributed by atoms with van der Waals surface area (Å²) in [5.74, 6) is -0.256. The number of hydrogen-bond acceptors (Lipinski definition) is 4. The Bertz CT molecular complexity index is 601. The SMILES string of the molecule is C[C@@H]1CN(C(=O)c2ccccc2S(C)(=O)=O)C[C@H](C)O1. The molecule has 1 aromatic carbocycles. The molecule has 1 aliphatic rings. The number of benzene rings is 1. The van der Waals surface area contributed by atoms with Crippen molar-refractivity contribution in [3.05, 3.63) is 29.8 Å². The van der Waals surface area contributed by atoms with E-state index < -0.39 is 9.84 Å². The monoisotopic (exact) mass is 297 g/mol. The van der Waals surface area contributed by atoms with Crippen LogP contribution in [0.3, 0.4) is 0 Å². The Morgan fingerprint density at radius 1 is 1.20 bits per heavy atom. The fraction of sp³-hybridized carbons (Fsp3) is 0.500. The van der Waals surface area contributed by atoms with Gasteiger partial charge in [-0.2, -0.15) is 0 Å². The molecule has 2 rings (SSSR count). The summed E-state index contributed by atoms with van der Waals surface area (Å²) in [4.78, 5) is 14.3. The number of carbonyl (C=O) groups is 1. The Hall–Kier alpha value is -1.40. The maximum Gasteiger partial charge on any atom is 0.255 e. The lowest BCUT2D eigenvalue weighted by molar-refractivity contribution is -0.0586. The summed E-state index contributed by atoms with van der Waals surface area (Å²) in [7, 11) is -3.42. The summed E-state index contributed by atoms with van der Waals surface area (Å²) >= 11 is 0. The highest BCUT2D eigenvalue weighted by Gasteiger charge is 2.29. The molecular formula is C14H19NO4S. The van der Waals surface area contributed by atoms with E-state index in [4.69, 9.17) is 4.74 Å². The first-order valence-electron chi connectivity index (χ1n) is 6.53. The van der Waals surface area contributed by atoms with Gasteiger partial charge in [0, 0.05) is 19.3 Å².